The lowest BCUT2D eigenvalue weighted by Crippen LogP contribution is -2.11. The first-order valence-electron chi connectivity index (χ1n) is 1.85. The average molecular weight is 160 g/mol. The van der Waals surface area contributed by atoms with Gasteiger partial charge in [0.05, 0.1) is 10.8 Å². The van der Waals surface area contributed by atoms with Crippen molar-refractivity contribution >= 4 is 34.8 Å². The number of rotatable bonds is 2. The van der Waals surface area contributed by atoms with E-state index in [1.165, 1.54) is 0 Å². The molecule has 2 unspecified atom stereocenters. The number of halogens is 3. The van der Waals surface area contributed by atoms with Crippen LogP contribution in [-0.2, 0) is 0 Å². The monoisotopic (exact) mass is 159 g/mol. The van der Waals surface area contributed by atoms with Gasteiger partial charge < -0.3 is 0 Å². The van der Waals surface area contributed by atoms with Gasteiger partial charge in [-0.25, -0.2) is 0 Å². The van der Waals surface area contributed by atoms with Gasteiger partial charge in [-0.2, -0.15) is 0 Å². The van der Waals surface area contributed by atoms with Crippen molar-refractivity contribution in [2.45, 2.75) is 10.8 Å². The third kappa shape index (κ3) is 3.45. The third-order valence-corrected chi connectivity index (χ3v) is 1.92. The first-order valence-corrected chi connectivity index (χ1v) is 3.26. The maximum Gasteiger partial charge on any atom is 0.0634 e. The summed E-state index contributed by atoms with van der Waals surface area (Å²) in [5, 5.41) is -0.484. The van der Waals surface area contributed by atoms with Gasteiger partial charge in [0.2, 0.25) is 0 Å². The first-order chi connectivity index (χ1) is 3.18. The minimum Gasteiger partial charge on any atom is -0.125 e. The minimum atomic E-state index is -0.279. The standard InChI is InChI=1S/C4H6Cl3/c1-3(6)4(7)2-5/h3-4H,1-2H2. The zero-order valence-corrected chi connectivity index (χ0v) is 5.97. The van der Waals surface area contributed by atoms with Crippen LogP contribution in [0, 0.1) is 6.92 Å². The molecule has 0 spiro atoms. The Bertz CT molecular complexity index is 44.2. The summed E-state index contributed by atoms with van der Waals surface area (Å²) in [5.74, 6) is 0.360. The summed E-state index contributed by atoms with van der Waals surface area (Å²) in [6, 6.07) is 0. The van der Waals surface area contributed by atoms with Gasteiger partial charge >= 0.3 is 0 Å². The van der Waals surface area contributed by atoms with Gasteiger partial charge in [-0.15, -0.1) is 34.8 Å². The van der Waals surface area contributed by atoms with E-state index >= 15 is 0 Å². The summed E-state index contributed by atoms with van der Waals surface area (Å²) in [5.41, 5.74) is 0. The molecule has 0 heterocycles. The van der Waals surface area contributed by atoms with Crippen molar-refractivity contribution in [3.8, 4) is 0 Å². The Kier molecular flexibility index (Phi) is 4.30. The molecule has 0 saturated heterocycles. The van der Waals surface area contributed by atoms with Crippen LogP contribution in [-0.4, -0.2) is 16.6 Å². The molecule has 2 atom stereocenters. The molecule has 0 aliphatic heterocycles. The fraction of sp³-hybridized carbons (Fsp3) is 0.750. The summed E-state index contributed by atoms with van der Waals surface area (Å²) in [6.07, 6.45) is 0. The second-order valence-corrected chi connectivity index (χ2v) is 2.62. The van der Waals surface area contributed by atoms with Gasteiger partial charge in [0.15, 0.2) is 0 Å². The fourth-order valence-electron chi connectivity index (χ4n) is 0.0967. The van der Waals surface area contributed by atoms with Crippen molar-refractivity contribution in [1.29, 1.82) is 0 Å². The molecule has 3 heteroatoms. The van der Waals surface area contributed by atoms with Crippen molar-refractivity contribution in [2.75, 3.05) is 5.88 Å². The van der Waals surface area contributed by atoms with E-state index in [1.807, 2.05) is 0 Å². The second kappa shape index (κ2) is 3.82. The summed E-state index contributed by atoms with van der Waals surface area (Å²) < 4.78 is 0. The highest BCUT2D eigenvalue weighted by Gasteiger charge is 2.07. The number of hydrogen-bond acceptors (Lipinski definition) is 0. The molecule has 0 nitrogen and oxygen atoms in total. The third-order valence-electron chi connectivity index (χ3n) is 0.540. The molecule has 0 amide bonds. The van der Waals surface area contributed by atoms with Gasteiger partial charge in [-0.05, 0) is 6.92 Å². The predicted molar refractivity (Wildman–Crippen MR) is 35.4 cm³/mol. The van der Waals surface area contributed by atoms with Gasteiger partial charge in [0.25, 0.3) is 0 Å². The summed E-state index contributed by atoms with van der Waals surface area (Å²) in [7, 11) is 0. The molecule has 43 valence electrons. The van der Waals surface area contributed by atoms with Gasteiger partial charge in [-0.3, -0.25) is 0 Å². The summed E-state index contributed by atoms with van der Waals surface area (Å²) in [6.45, 7) is 3.46. The van der Waals surface area contributed by atoms with Crippen LogP contribution >= 0.6 is 34.8 Å². The molecule has 0 aliphatic rings. The van der Waals surface area contributed by atoms with Crippen LogP contribution in [0.2, 0.25) is 0 Å². The van der Waals surface area contributed by atoms with Crippen LogP contribution in [0.5, 0.6) is 0 Å². The lowest BCUT2D eigenvalue weighted by molar-refractivity contribution is 0.982. The molecule has 7 heavy (non-hydrogen) atoms. The van der Waals surface area contributed by atoms with E-state index in [4.69, 9.17) is 34.8 Å². The van der Waals surface area contributed by atoms with E-state index < -0.39 is 0 Å². The highest BCUT2D eigenvalue weighted by molar-refractivity contribution is 6.34. The SMILES string of the molecule is [CH2]C(Cl)C(Cl)CCl. The summed E-state index contributed by atoms with van der Waals surface area (Å²) in [4.78, 5) is 0. The molecule has 0 rings (SSSR count). The Hall–Kier alpha value is 0.870. The van der Waals surface area contributed by atoms with Crippen LogP contribution in [0.4, 0.5) is 0 Å². The maximum absolute atomic E-state index is 5.47. The molecule has 0 aliphatic carbocycles. The second-order valence-electron chi connectivity index (χ2n) is 1.19. The van der Waals surface area contributed by atoms with Crippen molar-refractivity contribution in [3.05, 3.63) is 6.92 Å². The van der Waals surface area contributed by atoms with E-state index in [9.17, 15) is 0 Å². The summed E-state index contributed by atoms with van der Waals surface area (Å²) >= 11 is 16.2. The maximum atomic E-state index is 5.47. The van der Waals surface area contributed by atoms with Crippen molar-refractivity contribution < 1.29 is 0 Å². The minimum absolute atomic E-state index is 0.205. The van der Waals surface area contributed by atoms with E-state index in [1.54, 1.807) is 0 Å². The highest BCUT2D eigenvalue weighted by atomic mass is 35.5. The molecule has 0 saturated carbocycles. The quantitative estimate of drug-likeness (QED) is 0.544. The van der Waals surface area contributed by atoms with Crippen LogP contribution in [0.3, 0.4) is 0 Å². The van der Waals surface area contributed by atoms with Crippen LogP contribution in [0.15, 0.2) is 0 Å². The van der Waals surface area contributed by atoms with Crippen LogP contribution in [0.1, 0.15) is 0 Å². The average Bonchev–Trinajstić information content (AvgIpc) is 1.65. The Balaban J connectivity index is 3.14. The Morgan fingerprint density at radius 1 is 1.43 bits per heavy atom. The largest absolute Gasteiger partial charge is 0.125 e. The lowest BCUT2D eigenvalue weighted by atomic mass is 10.4. The zero-order chi connectivity index (χ0) is 5.86. The molecule has 0 fully saturated rings. The van der Waals surface area contributed by atoms with Gasteiger partial charge in [0.1, 0.15) is 0 Å². The normalized spacial score (nSPS) is 18.9. The first kappa shape index (κ1) is 7.87. The molecule has 0 bridgehead atoms. The van der Waals surface area contributed by atoms with Crippen molar-refractivity contribution in [2.24, 2.45) is 0 Å². The number of alkyl halides is 3. The smallest absolute Gasteiger partial charge is 0.0634 e. The molecular formula is C4H6Cl3. The Morgan fingerprint density at radius 2 is 1.86 bits per heavy atom. The Labute approximate surface area is 58.7 Å². The van der Waals surface area contributed by atoms with Crippen molar-refractivity contribution in [3.63, 3.8) is 0 Å². The molecule has 0 aromatic heterocycles. The topological polar surface area (TPSA) is 0 Å². The Morgan fingerprint density at radius 3 is 1.86 bits per heavy atom. The molecule has 0 aromatic carbocycles. The van der Waals surface area contributed by atoms with Gasteiger partial charge in [0, 0.05) is 5.88 Å². The van der Waals surface area contributed by atoms with E-state index in [-0.39, 0.29) is 10.8 Å². The predicted octanol–water partition coefficient (Wildman–Crippen LogP) is 2.27. The van der Waals surface area contributed by atoms with Crippen molar-refractivity contribution in [1.82, 2.24) is 0 Å². The van der Waals surface area contributed by atoms with Gasteiger partial charge in [-0.1, -0.05) is 0 Å². The fourth-order valence-corrected chi connectivity index (χ4v) is 0.492. The lowest BCUT2D eigenvalue weighted by Gasteiger charge is -2.04. The highest BCUT2D eigenvalue weighted by Crippen LogP contribution is 2.09. The number of hydrogen-bond donors (Lipinski definition) is 0. The van der Waals surface area contributed by atoms with E-state index in [0.717, 1.165) is 0 Å². The molecule has 0 aromatic rings. The zero-order valence-electron chi connectivity index (χ0n) is 3.70. The molecular weight excluding hydrogens is 154 g/mol. The van der Waals surface area contributed by atoms with Crippen LogP contribution in [0.25, 0.3) is 0 Å². The van der Waals surface area contributed by atoms with E-state index in [0.29, 0.717) is 5.88 Å². The van der Waals surface area contributed by atoms with E-state index in [2.05, 4.69) is 6.92 Å². The molecule has 1 radical (unpaired) electrons. The molecule has 0 N–H and O–H groups in total. The van der Waals surface area contributed by atoms with Crippen LogP contribution < -0.4 is 0 Å².